The second kappa shape index (κ2) is 9.16. The number of hydrogen-bond acceptors (Lipinski definition) is 3. The Bertz CT molecular complexity index is 920. The van der Waals surface area contributed by atoms with Crippen LogP contribution >= 0.6 is 0 Å². The second-order valence-electron chi connectivity index (χ2n) is 8.46. The third-order valence-electron chi connectivity index (χ3n) is 5.19. The molecule has 0 bridgehead atoms. The normalized spacial score (nSPS) is 15.1. The van der Waals surface area contributed by atoms with Crippen molar-refractivity contribution in [2.75, 3.05) is 0 Å². The fourth-order valence-electron chi connectivity index (χ4n) is 3.34. The molecule has 0 spiro atoms. The van der Waals surface area contributed by atoms with Gasteiger partial charge in [-0.3, -0.25) is 15.1 Å². The van der Waals surface area contributed by atoms with Crippen LogP contribution in [0.4, 0.5) is 13.2 Å². The van der Waals surface area contributed by atoms with E-state index in [4.69, 9.17) is 0 Å². The summed E-state index contributed by atoms with van der Waals surface area (Å²) in [5.41, 5.74) is 1.08. The maximum absolute atomic E-state index is 13.8. The van der Waals surface area contributed by atoms with Crippen molar-refractivity contribution in [1.82, 2.24) is 10.3 Å². The van der Waals surface area contributed by atoms with Gasteiger partial charge in [0.15, 0.2) is 0 Å². The summed E-state index contributed by atoms with van der Waals surface area (Å²) in [5, 5.41) is 12.6. The number of carbonyl (C=O) groups is 1. The van der Waals surface area contributed by atoms with Crippen molar-refractivity contribution in [3.05, 3.63) is 47.7 Å². The average molecular weight is 422 g/mol. The lowest BCUT2D eigenvalue weighted by atomic mass is 9.82. The van der Waals surface area contributed by atoms with Gasteiger partial charge in [0.1, 0.15) is 12.1 Å². The largest absolute Gasteiger partial charge is 0.480 e. The van der Waals surface area contributed by atoms with E-state index >= 15 is 0 Å². The first-order valence-electron chi connectivity index (χ1n) is 9.99. The number of nitrogens with one attached hydrogen (secondary N) is 1. The SMILES string of the molecule is CCc1ccc2ccc(/C=C/C(C)(C)[C@@H](NC(C(=O)O)C(C)C)C(F)(F)F)cc2n1. The van der Waals surface area contributed by atoms with Crippen LogP contribution in [0, 0.1) is 11.3 Å². The predicted molar refractivity (Wildman–Crippen MR) is 113 cm³/mol. The molecule has 0 aliphatic rings. The van der Waals surface area contributed by atoms with Crippen LogP contribution in [-0.4, -0.2) is 34.3 Å². The predicted octanol–water partition coefficient (Wildman–Crippen LogP) is 5.47. The van der Waals surface area contributed by atoms with Gasteiger partial charge in [-0.2, -0.15) is 13.2 Å². The molecule has 0 saturated heterocycles. The highest BCUT2D eigenvalue weighted by molar-refractivity contribution is 5.81. The maximum Gasteiger partial charge on any atom is 0.404 e. The van der Waals surface area contributed by atoms with Gasteiger partial charge in [0, 0.05) is 16.5 Å². The van der Waals surface area contributed by atoms with Crippen LogP contribution in [-0.2, 0) is 11.2 Å². The highest BCUT2D eigenvalue weighted by atomic mass is 19.4. The fourth-order valence-corrected chi connectivity index (χ4v) is 3.34. The molecule has 0 amide bonds. The van der Waals surface area contributed by atoms with Gasteiger partial charge in [-0.05, 0) is 30.0 Å². The molecule has 1 aromatic heterocycles. The fraction of sp³-hybridized carbons (Fsp3) is 0.478. The first kappa shape index (κ1) is 23.9. The Morgan fingerprint density at radius 3 is 2.37 bits per heavy atom. The Morgan fingerprint density at radius 1 is 1.20 bits per heavy atom. The molecule has 2 aromatic rings. The average Bonchev–Trinajstić information content (AvgIpc) is 2.64. The molecular formula is C23H29F3N2O2. The number of carboxylic acids is 1. The summed E-state index contributed by atoms with van der Waals surface area (Å²) in [6.45, 7) is 8.06. The van der Waals surface area contributed by atoms with Crippen LogP contribution in [0.3, 0.4) is 0 Å². The van der Waals surface area contributed by atoms with Crippen molar-refractivity contribution < 1.29 is 23.1 Å². The van der Waals surface area contributed by atoms with Crippen molar-refractivity contribution in [3.63, 3.8) is 0 Å². The van der Waals surface area contributed by atoms with Crippen LogP contribution in [0.5, 0.6) is 0 Å². The number of benzene rings is 1. The highest BCUT2D eigenvalue weighted by Gasteiger charge is 2.49. The lowest BCUT2D eigenvalue weighted by Crippen LogP contribution is -2.58. The molecule has 2 rings (SSSR count). The van der Waals surface area contributed by atoms with Gasteiger partial charge in [-0.25, -0.2) is 0 Å². The van der Waals surface area contributed by atoms with Crippen molar-refractivity contribution in [1.29, 1.82) is 0 Å². The topological polar surface area (TPSA) is 62.2 Å². The van der Waals surface area contributed by atoms with Gasteiger partial charge in [-0.1, -0.05) is 65.0 Å². The van der Waals surface area contributed by atoms with E-state index in [1.165, 1.54) is 19.9 Å². The van der Waals surface area contributed by atoms with Crippen molar-refractivity contribution in [2.45, 2.75) is 59.3 Å². The van der Waals surface area contributed by atoms with Gasteiger partial charge in [-0.15, -0.1) is 0 Å². The Kier molecular flexibility index (Phi) is 7.29. The molecule has 0 aliphatic heterocycles. The van der Waals surface area contributed by atoms with Crippen LogP contribution in [0.1, 0.15) is 45.9 Å². The number of fused-ring (bicyclic) bond motifs is 1. The molecule has 4 nitrogen and oxygen atoms in total. The Balaban J connectivity index is 2.35. The lowest BCUT2D eigenvalue weighted by molar-refractivity contribution is -0.178. The van der Waals surface area contributed by atoms with Gasteiger partial charge < -0.3 is 5.11 Å². The van der Waals surface area contributed by atoms with Crippen molar-refractivity contribution in [3.8, 4) is 0 Å². The van der Waals surface area contributed by atoms with Crippen LogP contribution in [0.2, 0.25) is 0 Å². The molecule has 0 fully saturated rings. The summed E-state index contributed by atoms with van der Waals surface area (Å²) in [7, 11) is 0. The van der Waals surface area contributed by atoms with Gasteiger partial charge in [0.25, 0.3) is 0 Å². The van der Waals surface area contributed by atoms with E-state index < -0.39 is 35.6 Å². The number of pyridine rings is 1. The third-order valence-corrected chi connectivity index (χ3v) is 5.19. The summed E-state index contributed by atoms with van der Waals surface area (Å²) in [6, 6.07) is 6.15. The van der Waals surface area contributed by atoms with E-state index in [2.05, 4.69) is 10.3 Å². The molecule has 1 unspecified atom stereocenters. The van der Waals surface area contributed by atoms with Gasteiger partial charge in [0.2, 0.25) is 0 Å². The van der Waals surface area contributed by atoms with Crippen molar-refractivity contribution >= 4 is 22.9 Å². The minimum atomic E-state index is -4.61. The first-order chi connectivity index (χ1) is 13.8. The quantitative estimate of drug-likeness (QED) is 0.593. The monoisotopic (exact) mass is 422 g/mol. The number of aromatic nitrogens is 1. The van der Waals surface area contributed by atoms with E-state index in [1.807, 2.05) is 37.3 Å². The smallest absolute Gasteiger partial charge is 0.404 e. The Hall–Kier alpha value is -2.41. The molecule has 30 heavy (non-hydrogen) atoms. The minimum Gasteiger partial charge on any atom is -0.480 e. The molecule has 164 valence electrons. The molecule has 1 aromatic carbocycles. The second-order valence-corrected chi connectivity index (χ2v) is 8.46. The number of nitrogens with zero attached hydrogens (tertiary/aromatic N) is 1. The number of hydrogen-bond donors (Lipinski definition) is 2. The summed E-state index contributed by atoms with van der Waals surface area (Å²) in [5.74, 6) is -1.79. The van der Waals surface area contributed by atoms with E-state index in [0.29, 0.717) is 0 Å². The molecule has 0 aliphatic carbocycles. The summed E-state index contributed by atoms with van der Waals surface area (Å²) in [4.78, 5) is 16.0. The lowest BCUT2D eigenvalue weighted by Gasteiger charge is -2.36. The molecular weight excluding hydrogens is 393 g/mol. The van der Waals surface area contributed by atoms with Crippen LogP contribution in [0.25, 0.3) is 17.0 Å². The zero-order valence-electron chi connectivity index (χ0n) is 17.9. The zero-order chi connectivity index (χ0) is 22.7. The molecule has 0 radical (unpaired) electrons. The summed E-state index contributed by atoms with van der Waals surface area (Å²) >= 11 is 0. The van der Waals surface area contributed by atoms with E-state index in [1.54, 1.807) is 19.9 Å². The molecule has 1 heterocycles. The summed E-state index contributed by atoms with van der Waals surface area (Å²) in [6.07, 6.45) is -0.715. The number of halogens is 3. The number of rotatable bonds is 8. The molecule has 0 saturated carbocycles. The standard InChI is InChI=1S/C23H29F3N2O2/c1-6-17-10-9-16-8-7-15(13-18(16)27-17)11-12-22(4,5)21(23(24,25)26)28-19(14(2)3)20(29)30/h7-14,19,21,28H,6H2,1-5H3,(H,29,30)/b12-11+/t19?,21-/m1/s1. The number of carboxylic acid groups (broad SMARTS) is 1. The Morgan fingerprint density at radius 2 is 1.83 bits per heavy atom. The van der Waals surface area contributed by atoms with E-state index in [9.17, 15) is 23.1 Å². The van der Waals surface area contributed by atoms with Crippen molar-refractivity contribution in [2.24, 2.45) is 11.3 Å². The molecule has 2 N–H and O–H groups in total. The van der Waals surface area contributed by atoms with Gasteiger partial charge >= 0.3 is 12.1 Å². The molecule has 2 atom stereocenters. The van der Waals surface area contributed by atoms with E-state index in [-0.39, 0.29) is 0 Å². The number of aliphatic carboxylic acids is 1. The zero-order valence-corrected chi connectivity index (χ0v) is 17.9. The summed E-state index contributed by atoms with van der Waals surface area (Å²) < 4.78 is 41.5. The van der Waals surface area contributed by atoms with Crippen LogP contribution < -0.4 is 5.32 Å². The number of aryl methyl sites for hydroxylation is 1. The van der Waals surface area contributed by atoms with Gasteiger partial charge in [0.05, 0.1) is 5.52 Å². The maximum atomic E-state index is 13.8. The van der Waals surface area contributed by atoms with E-state index in [0.717, 1.165) is 28.6 Å². The minimum absolute atomic E-state index is 0.494. The highest BCUT2D eigenvalue weighted by Crippen LogP contribution is 2.36. The Labute approximate surface area is 175 Å². The van der Waals surface area contributed by atoms with Crippen LogP contribution in [0.15, 0.2) is 36.4 Å². The number of alkyl halides is 3. The molecule has 7 heteroatoms. The first-order valence-corrected chi connectivity index (χ1v) is 9.99. The third kappa shape index (κ3) is 5.81.